The molecule has 0 spiro atoms. The Balaban J connectivity index is 0.00000280. The van der Waals surface area contributed by atoms with Gasteiger partial charge in [0, 0.05) is 52.2 Å². The molecule has 2 heterocycles. The van der Waals surface area contributed by atoms with Gasteiger partial charge in [-0.3, -0.25) is 9.59 Å². The number of rotatable bonds is 6. The number of imidazole rings is 1. The van der Waals surface area contributed by atoms with Crippen LogP contribution in [0.15, 0.2) is 12.4 Å². The van der Waals surface area contributed by atoms with E-state index in [2.05, 4.69) is 10.3 Å². The van der Waals surface area contributed by atoms with Crippen molar-refractivity contribution in [2.75, 3.05) is 38.2 Å². The first-order chi connectivity index (χ1) is 13.1. The number of nitrogens with one attached hydrogen (secondary N) is 1. The summed E-state index contributed by atoms with van der Waals surface area (Å²) in [6.07, 6.45) is 9.60. The fourth-order valence-electron chi connectivity index (χ4n) is 4.01. The van der Waals surface area contributed by atoms with Crippen molar-refractivity contribution in [3.8, 4) is 0 Å². The molecule has 2 aliphatic rings. The zero-order valence-corrected chi connectivity index (χ0v) is 18.4. The van der Waals surface area contributed by atoms with E-state index in [1.54, 1.807) is 6.20 Å². The van der Waals surface area contributed by atoms with Crippen LogP contribution in [0.4, 0.5) is 0 Å². The highest BCUT2D eigenvalue weighted by Gasteiger charge is 2.30. The number of thioether (sulfide) groups is 1. The second kappa shape index (κ2) is 11.1. The van der Waals surface area contributed by atoms with Gasteiger partial charge in [0.05, 0.1) is 11.5 Å². The highest BCUT2D eigenvalue weighted by molar-refractivity contribution is 8.00. The Morgan fingerprint density at radius 2 is 2.04 bits per heavy atom. The number of piperazine rings is 1. The van der Waals surface area contributed by atoms with E-state index in [0.717, 1.165) is 25.2 Å². The van der Waals surface area contributed by atoms with Crippen molar-refractivity contribution in [1.29, 1.82) is 0 Å². The molecule has 1 saturated heterocycles. The van der Waals surface area contributed by atoms with Crippen molar-refractivity contribution in [3.05, 3.63) is 18.2 Å². The summed E-state index contributed by atoms with van der Waals surface area (Å²) in [4.78, 5) is 33.5. The largest absolute Gasteiger partial charge is 0.342 e. The van der Waals surface area contributed by atoms with E-state index >= 15 is 0 Å². The van der Waals surface area contributed by atoms with Gasteiger partial charge < -0.3 is 19.7 Å². The Morgan fingerprint density at radius 3 is 2.71 bits per heavy atom. The summed E-state index contributed by atoms with van der Waals surface area (Å²) in [5.41, 5.74) is 0. The van der Waals surface area contributed by atoms with E-state index in [4.69, 9.17) is 0 Å². The van der Waals surface area contributed by atoms with Gasteiger partial charge >= 0.3 is 0 Å². The van der Waals surface area contributed by atoms with Crippen LogP contribution in [0.1, 0.15) is 44.0 Å². The molecule has 0 radical (unpaired) electrons. The minimum atomic E-state index is -0.0486. The number of hydrogen-bond donors (Lipinski definition) is 1. The zero-order valence-electron chi connectivity index (χ0n) is 16.8. The second-order valence-electron chi connectivity index (χ2n) is 7.49. The number of aryl methyl sites for hydroxylation is 1. The molecule has 0 bridgehead atoms. The first-order valence-corrected chi connectivity index (χ1v) is 11.0. The molecule has 1 saturated carbocycles. The summed E-state index contributed by atoms with van der Waals surface area (Å²) < 4.78 is 1.97. The van der Waals surface area contributed by atoms with E-state index in [1.807, 2.05) is 34.7 Å². The van der Waals surface area contributed by atoms with Crippen molar-refractivity contribution in [1.82, 2.24) is 24.7 Å². The number of hydrogen-bond acceptors (Lipinski definition) is 5. The van der Waals surface area contributed by atoms with E-state index in [1.165, 1.54) is 31.0 Å². The lowest BCUT2D eigenvalue weighted by atomic mass is 9.94. The number of aromatic nitrogens is 2. The average molecular weight is 430 g/mol. The predicted molar refractivity (Wildman–Crippen MR) is 115 cm³/mol. The molecule has 1 aromatic rings. The van der Waals surface area contributed by atoms with Crippen molar-refractivity contribution in [2.24, 2.45) is 7.05 Å². The van der Waals surface area contributed by atoms with Crippen molar-refractivity contribution in [3.63, 3.8) is 0 Å². The summed E-state index contributed by atoms with van der Waals surface area (Å²) in [5, 5.41) is 3.35. The van der Waals surface area contributed by atoms with Gasteiger partial charge in [-0.05, 0) is 12.8 Å². The summed E-state index contributed by atoms with van der Waals surface area (Å²) in [6.45, 7) is 2.18. The third-order valence-corrected chi connectivity index (χ3v) is 6.59. The van der Waals surface area contributed by atoms with Crippen LogP contribution in [-0.2, 0) is 16.6 Å². The van der Waals surface area contributed by atoms with Gasteiger partial charge in [0.1, 0.15) is 11.9 Å². The minimum absolute atomic E-state index is 0. The van der Waals surface area contributed by atoms with Gasteiger partial charge in [-0.2, -0.15) is 0 Å². The second-order valence-corrected chi connectivity index (χ2v) is 8.48. The quantitative estimate of drug-likeness (QED) is 0.747. The lowest BCUT2D eigenvalue weighted by Gasteiger charge is -2.35. The van der Waals surface area contributed by atoms with Gasteiger partial charge in [0.2, 0.25) is 11.8 Å². The molecule has 7 nitrogen and oxygen atoms in total. The molecule has 9 heteroatoms. The first-order valence-electron chi connectivity index (χ1n) is 9.88. The molecule has 2 amide bonds. The van der Waals surface area contributed by atoms with E-state index in [0.29, 0.717) is 30.6 Å². The molecular formula is C19H32ClN5O2S. The van der Waals surface area contributed by atoms with Crippen LogP contribution in [0, 0.1) is 0 Å². The monoisotopic (exact) mass is 429 g/mol. The maximum atomic E-state index is 12.8. The molecule has 3 rings (SSSR count). The Kier molecular flexibility index (Phi) is 9.11. The number of nitrogens with zero attached hydrogens (tertiary/aromatic N) is 4. The molecule has 0 aromatic carbocycles. The summed E-state index contributed by atoms with van der Waals surface area (Å²) >= 11 is 1.43. The van der Waals surface area contributed by atoms with Gasteiger partial charge in [-0.1, -0.05) is 19.3 Å². The molecule has 2 fully saturated rings. The topological polar surface area (TPSA) is 70.5 Å². The summed E-state index contributed by atoms with van der Waals surface area (Å²) in [6, 6.07) is 0.330. The van der Waals surface area contributed by atoms with Crippen LogP contribution >= 0.6 is 24.2 Å². The maximum absolute atomic E-state index is 12.8. The number of amides is 2. The third-order valence-electron chi connectivity index (χ3n) is 5.69. The molecule has 1 unspecified atom stereocenters. The highest BCUT2D eigenvalue weighted by atomic mass is 35.5. The normalized spacial score (nSPS) is 20.5. The number of carbonyl (C=O) groups is 2. The van der Waals surface area contributed by atoms with Crippen molar-refractivity contribution in [2.45, 2.75) is 44.2 Å². The lowest BCUT2D eigenvalue weighted by Crippen LogP contribution is -2.50. The van der Waals surface area contributed by atoms with E-state index in [9.17, 15) is 9.59 Å². The van der Waals surface area contributed by atoms with Crippen LogP contribution in [0.3, 0.4) is 0 Å². The average Bonchev–Trinajstić information content (AvgIpc) is 3.13. The number of halogens is 1. The summed E-state index contributed by atoms with van der Waals surface area (Å²) in [7, 11) is 3.86. The molecule has 1 aliphatic carbocycles. The van der Waals surface area contributed by atoms with E-state index in [-0.39, 0.29) is 30.3 Å². The Bertz CT molecular complexity index is 650. The van der Waals surface area contributed by atoms with Crippen LogP contribution in [0.25, 0.3) is 0 Å². The van der Waals surface area contributed by atoms with Crippen LogP contribution in [-0.4, -0.2) is 75.4 Å². The highest BCUT2D eigenvalue weighted by Crippen LogP contribution is 2.23. The molecular weight excluding hydrogens is 398 g/mol. The maximum Gasteiger partial charge on any atom is 0.233 e. The van der Waals surface area contributed by atoms with Gasteiger partial charge in [0.25, 0.3) is 0 Å². The van der Waals surface area contributed by atoms with Crippen molar-refractivity contribution < 1.29 is 9.59 Å². The zero-order chi connectivity index (χ0) is 19.2. The van der Waals surface area contributed by atoms with Gasteiger partial charge in [-0.15, -0.1) is 24.2 Å². The number of carbonyl (C=O) groups excluding carboxylic acids is 2. The molecule has 1 N–H and O–H groups in total. The third kappa shape index (κ3) is 5.64. The van der Waals surface area contributed by atoms with Crippen LogP contribution in [0.5, 0.6) is 0 Å². The smallest absolute Gasteiger partial charge is 0.233 e. The molecule has 1 aliphatic heterocycles. The molecule has 1 atom stereocenters. The standard InChI is InChI=1S/C19H31N5O2S.ClH/c1-22-10-9-21-19(22)16-12-20-8-11-24(16)18(26)14-27-13-17(25)23(2)15-6-4-3-5-7-15;/h9-10,15-16,20H,3-8,11-14H2,1-2H3;1H. The fourth-order valence-corrected chi connectivity index (χ4v) is 4.83. The van der Waals surface area contributed by atoms with Crippen LogP contribution < -0.4 is 5.32 Å². The van der Waals surface area contributed by atoms with Gasteiger partial charge in [-0.25, -0.2) is 4.98 Å². The molecule has 1 aromatic heterocycles. The predicted octanol–water partition coefficient (Wildman–Crippen LogP) is 1.84. The van der Waals surface area contributed by atoms with Crippen LogP contribution in [0.2, 0.25) is 0 Å². The van der Waals surface area contributed by atoms with Crippen molar-refractivity contribution >= 4 is 36.0 Å². The first kappa shape index (κ1) is 23.0. The Hall–Kier alpha value is -1.25. The molecule has 158 valence electrons. The minimum Gasteiger partial charge on any atom is -0.342 e. The van der Waals surface area contributed by atoms with Gasteiger partial charge in [0.15, 0.2) is 0 Å². The SMILES string of the molecule is CN(C(=O)CSCC(=O)N1CCNCC1c1nccn1C)C1CCCCC1.Cl. The summed E-state index contributed by atoms with van der Waals surface area (Å²) in [5.74, 6) is 1.83. The van der Waals surface area contributed by atoms with E-state index < -0.39 is 0 Å². The molecule has 28 heavy (non-hydrogen) atoms. The fraction of sp³-hybridized carbons (Fsp3) is 0.737. The Morgan fingerprint density at radius 1 is 1.29 bits per heavy atom. The lowest BCUT2D eigenvalue weighted by molar-refractivity contribution is -0.131. The Labute approximate surface area is 178 Å².